The van der Waals surface area contributed by atoms with Gasteiger partial charge in [-0.25, -0.2) is 12.7 Å². The van der Waals surface area contributed by atoms with Crippen LogP contribution in [0.25, 0.3) is 0 Å². The van der Waals surface area contributed by atoms with Crippen LogP contribution in [0.5, 0.6) is 0 Å². The Bertz CT molecular complexity index is 219. The van der Waals surface area contributed by atoms with Crippen molar-refractivity contribution in [2.24, 2.45) is 0 Å². The van der Waals surface area contributed by atoms with Crippen LogP contribution in [0.15, 0.2) is 0 Å². The second-order valence-corrected chi connectivity index (χ2v) is 5.36. The molecule has 0 amide bonds. The van der Waals surface area contributed by atoms with Crippen LogP contribution in [0.3, 0.4) is 0 Å². The number of likely N-dealkylation sites (N-methyl/N-ethyl adjacent to an activating group) is 2. The van der Waals surface area contributed by atoms with Gasteiger partial charge in [0, 0.05) is 26.0 Å². The Kier molecular flexibility index (Phi) is 6.67. The van der Waals surface area contributed by atoms with Crippen molar-refractivity contribution in [3.05, 3.63) is 0 Å². The van der Waals surface area contributed by atoms with Crippen molar-refractivity contribution in [2.45, 2.75) is 6.42 Å². The minimum Gasteiger partial charge on any atom is -0.318 e. The number of rotatable bonds is 7. The first-order valence-electron chi connectivity index (χ1n) is 4.19. The second kappa shape index (κ2) is 6.59. The molecule has 0 aromatic rings. The highest BCUT2D eigenvalue weighted by atomic mass is 35.5. The van der Waals surface area contributed by atoms with Gasteiger partial charge in [0.15, 0.2) is 0 Å². The van der Waals surface area contributed by atoms with Crippen molar-refractivity contribution in [3.63, 3.8) is 0 Å². The van der Waals surface area contributed by atoms with Gasteiger partial charge in [-0.05, 0) is 13.5 Å². The van der Waals surface area contributed by atoms with Crippen molar-refractivity contribution in [2.75, 3.05) is 38.8 Å². The Hall–Kier alpha value is 0.160. The quantitative estimate of drug-likeness (QED) is 0.629. The fraction of sp³-hybridized carbons (Fsp3) is 1.00. The topological polar surface area (TPSA) is 49.4 Å². The van der Waals surface area contributed by atoms with Crippen molar-refractivity contribution in [1.29, 1.82) is 0 Å². The van der Waals surface area contributed by atoms with Gasteiger partial charge >= 0.3 is 0 Å². The maximum atomic E-state index is 11.4. The van der Waals surface area contributed by atoms with Crippen LogP contribution in [0.4, 0.5) is 0 Å². The van der Waals surface area contributed by atoms with E-state index >= 15 is 0 Å². The van der Waals surface area contributed by atoms with Gasteiger partial charge in [0.25, 0.3) is 0 Å². The summed E-state index contributed by atoms with van der Waals surface area (Å²) in [6.07, 6.45) is 0.508. The number of hydrogen-bond donors (Lipinski definition) is 1. The highest BCUT2D eigenvalue weighted by molar-refractivity contribution is 7.89. The standard InChI is InChI=1S/C7H17ClN2O2S/c1-9-5-6-10(2)13(11,12)7-3-4-8/h9H,3-7H2,1-2H3. The third-order valence-electron chi connectivity index (χ3n) is 1.69. The molecule has 0 aliphatic rings. The lowest BCUT2D eigenvalue weighted by Gasteiger charge is -2.16. The van der Waals surface area contributed by atoms with E-state index < -0.39 is 10.0 Å². The molecule has 4 nitrogen and oxygen atoms in total. The predicted molar refractivity (Wildman–Crippen MR) is 55.7 cm³/mol. The minimum atomic E-state index is -3.09. The number of nitrogens with zero attached hydrogens (tertiary/aromatic N) is 1. The van der Waals surface area contributed by atoms with Gasteiger partial charge in [0.1, 0.15) is 0 Å². The zero-order valence-corrected chi connectivity index (χ0v) is 9.66. The van der Waals surface area contributed by atoms with Crippen LogP contribution < -0.4 is 5.32 Å². The summed E-state index contributed by atoms with van der Waals surface area (Å²) in [6.45, 7) is 1.16. The van der Waals surface area contributed by atoms with E-state index in [-0.39, 0.29) is 5.75 Å². The van der Waals surface area contributed by atoms with Crippen LogP contribution in [0.2, 0.25) is 0 Å². The van der Waals surface area contributed by atoms with Gasteiger partial charge in [-0.15, -0.1) is 11.6 Å². The zero-order valence-electron chi connectivity index (χ0n) is 8.09. The molecule has 0 spiro atoms. The Morgan fingerprint density at radius 3 is 2.54 bits per heavy atom. The van der Waals surface area contributed by atoms with E-state index in [1.165, 1.54) is 4.31 Å². The van der Waals surface area contributed by atoms with Gasteiger partial charge in [-0.1, -0.05) is 0 Å². The molecule has 0 radical (unpaired) electrons. The molecule has 13 heavy (non-hydrogen) atoms. The summed E-state index contributed by atoms with van der Waals surface area (Å²) in [7, 11) is 0.289. The maximum Gasteiger partial charge on any atom is 0.213 e. The van der Waals surface area contributed by atoms with E-state index in [1.54, 1.807) is 14.1 Å². The van der Waals surface area contributed by atoms with Crippen LogP contribution >= 0.6 is 11.6 Å². The summed E-state index contributed by atoms with van der Waals surface area (Å²) in [5.74, 6) is 0.524. The van der Waals surface area contributed by atoms with E-state index in [0.717, 1.165) is 0 Å². The van der Waals surface area contributed by atoms with Gasteiger partial charge in [0.2, 0.25) is 10.0 Å². The number of alkyl halides is 1. The first-order valence-corrected chi connectivity index (χ1v) is 6.33. The molecule has 0 saturated carbocycles. The highest BCUT2D eigenvalue weighted by Crippen LogP contribution is 2.00. The van der Waals surface area contributed by atoms with Crippen LogP contribution in [0.1, 0.15) is 6.42 Å². The van der Waals surface area contributed by atoms with Crippen molar-refractivity contribution < 1.29 is 8.42 Å². The molecule has 1 N–H and O–H groups in total. The molecule has 0 fully saturated rings. The smallest absolute Gasteiger partial charge is 0.213 e. The largest absolute Gasteiger partial charge is 0.318 e. The summed E-state index contributed by atoms with van der Waals surface area (Å²) in [6, 6.07) is 0. The number of sulfonamides is 1. The summed E-state index contributed by atoms with van der Waals surface area (Å²) in [5.41, 5.74) is 0. The third-order valence-corrected chi connectivity index (χ3v) is 3.89. The number of halogens is 1. The fourth-order valence-corrected chi connectivity index (χ4v) is 2.28. The molecule has 0 atom stereocenters. The van der Waals surface area contributed by atoms with E-state index in [4.69, 9.17) is 11.6 Å². The predicted octanol–water partition coefficient (Wildman–Crippen LogP) is 0.0963. The lowest BCUT2D eigenvalue weighted by atomic mass is 10.6. The summed E-state index contributed by atoms with van der Waals surface area (Å²) >= 11 is 5.42. The fourth-order valence-electron chi connectivity index (χ4n) is 0.801. The Balaban J connectivity index is 3.96. The molecule has 0 saturated heterocycles. The van der Waals surface area contributed by atoms with Crippen molar-refractivity contribution in [3.8, 4) is 0 Å². The first kappa shape index (κ1) is 13.2. The molecule has 0 unspecified atom stereocenters. The van der Waals surface area contributed by atoms with Gasteiger partial charge in [-0.3, -0.25) is 0 Å². The Morgan fingerprint density at radius 2 is 2.08 bits per heavy atom. The van der Waals surface area contributed by atoms with E-state index in [2.05, 4.69) is 5.32 Å². The second-order valence-electron chi connectivity index (χ2n) is 2.78. The normalized spacial score (nSPS) is 12.3. The van der Waals surface area contributed by atoms with Gasteiger partial charge in [-0.2, -0.15) is 0 Å². The molecule has 0 aromatic carbocycles. The monoisotopic (exact) mass is 228 g/mol. The SMILES string of the molecule is CNCCN(C)S(=O)(=O)CCCCl. The highest BCUT2D eigenvalue weighted by Gasteiger charge is 2.15. The first-order chi connectivity index (χ1) is 6.04. The molecule has 0 rings (SSSR count). The average molecular weight is 229 g/mol. The molecular formula is C7H17ClN2O2S. The summed E-state index contributed by atoms with van der Waals surface area (Å²) in [4.78, 5) is 0. The van der Waals surface area contributed by atoms with Crippen LogP contribution in [-0.2, 0) is 10.0 Å². The number of hydrogen-bond acceptors (Lipinski definition) is 3. The Morgan fingerprint density at radius 1 is 1.46 bits per heavy atom. The minimum absolute atomic E-state index is 0.136. The van der Waals surface area contributed by atoms with Crippen molar-refractivity contribution >= 4 is 21.6 Å². The van der Waals surface area contributed by atoms with Gasteiger partial charge < -0.3 is 5.32 Å². The molecular weight excluding hydrogens is 212 g/mol. The van der Waals surface area contributed by atoms with Gasteiger partial charge in [0.05, 0.1) is 5.75 Å². The molecule has 0 aliphatic heterocycles. The maximum absolute atomic E-state index is 11.4. The lowest BCUT2D eigenvalue weighted by Crippen LogP contribution is -2.34. The van der Waals surface area contributed by atoms with E-state index in [9.17, 15) is 8.42 Å². The molecule has 0 heterocycles. The number of nitrogens with one attached hydrogen (secondary N) is 1. The van der Waals surface area contributed by atoms with Crippen LogP contribution in [0, 0.1) is 0 Å². The molecule has 0 aromatic heterocycles. The average Bonchev–Trinajstić information content (AvgIpc) is 2.10. The molecule has 6 heteroatoms. The Labute approximate surface area is 85.3 Å². The molecule has 0 bridgehead atoms. The zero-order chi connectivity index (χ0) is 10.3. The third kappa shape index (κ3) is 5.46. The molecule has 0 aliphatic carbocycles. The molecule has 80 valence electrons. The lowest BCUT2D eigenvalue weighted by molar-refractivity contribution is 0.465. The summed E-state index contributed by atoms with van der Waals surface area (Å²) < 4.78 is 24.2. The van der Waals surface area contributed by atoms with E-state index in [1.807, 2.05) is 0 Å². The van der Waals surface area contributed by atoms with Crippen molar-refractivity contribution in [1.82, 2.24) is 9.62 Å². The van der Waals surface area contributed by atoms with E-state index in [0.29, 0.717) is 25.4 Å². The summed E-state index contributed by atoms with van der Waals surface area (Å²) in [5, 5.41) is 2.89. The van der Waals surface area contributed by atoms with Crippen LogP contribution in [-0.4, -0.2) is 51.5 Å².